The minimum absolute atomic E-state index is 0.591. The van der Waals surface area contributed by atoms with Crippen molar-refractivity contribution >= 4 is 76.2 Å². The van der Waals surface area contributed by atoms with Gasteiger partial charge in [0, 0.05) is 66.1 Å². The Kier molecular flexibility index (Phi) is 9.16. The van der Waals surface area contributed by atoms with E-state index in [1.54, 1.807) is 0 Å². The van der Waals surface area contributed by atoms with Crippen LogP contribution in [-0.4, -0.2) is 28.7 Å². The highest BCUT2D eigenvalue weighted by Crippen LogP contribution is 2.39. The van der Waals surface area contributed by atoms with Gasteiger partial charge in [0.05, 0.1) is 33.1 Å². The summed E-state index contributed by atoms with van der Waals surface area (Å²) in [4.78, 5) is 15.9. The summed E-state index contributed by atoms with van der Waals surface area (Å²) in [6, 6.07) is 91.1. The molecule has 0 saturated carbocycles. The molecule has 0 aliphatic rings. The first-order valence-electron chi connectivity index (χ1n) is 24.8. The van der Waals surface area contributed by atoms with E-state index in [0.29, 0.717) is 17.5 Å². The summed E-state index contributed by atoms with van der Waals surface area (Å²) in [5.74, 6) is 1.81. The van der Waals surface area contributed by atoms with E-state index in [-0.39, 0.29) is 0 Å². The van der Waals surface area contributed by atoms with Crippen LogP contribution < -0.4 is 0 Å². The van der Waals surface area contributed by atoms with E-state index in [0.717, 1.165) is 77.7 Å². The zero-order valence-electron chi connectivity index (χ0n) is 39.4. The Morgan fingerprint density at radius 2 is 0.534 bits per heavy atom. The van der Waals surface area contributed by atoms with Gasteiger partial charge in [-0.1, -0.05) is 176 Å². The molecule has 0 aliphatic carbocycles. The van der Waals surface area contributed by atoms with Crippen molar-refractivity contribution < 1.29 is 0 Å². The summed E-state index contributed by atoms with van der Waals surface area (Å²) < 4.78 is 7.12. The third-order valence-electron chi connectivity index (χ3n) is 14.6. The largest absolute Gasteiger partial charge is 0.309 e. The van der Waals surface area contributed by atoms with Gasteiger partial charge in [-0.05, 0) is 101 Å². The lowest BCUT2D eigenvalue weighted by atomic mass is 9.99. The minimum atomic E-state index is 0.591. The Labute approximate surface area is 420 Å². The van der Waals surface area contributed by atoms with Gasteiger partial charge in [-0.25, -0.2) is 15.0 Å². The lowest BCUT2D eigenvalue weighted by Crippen LogP contribution is -2.03. The monoisotopic (exact) mass is 930 g/mol. The predicted octanol–water partition coefficient (Wildman–Crippen LogP) is 17.0. The maximum absolute atomic E-state index is 5.39. The molecule has 0 spiro atoms. The zero-order chi connectivity index (χ0) is 48.0. The van der Waals surface area contributed by atoms with E-state index in [4.69, 9.17) is 15.0 Å². The van der Waals surface area contributed by atoms with Crippen molar-refractivity contribution in [2.45, 2.75) is 0 Å². The van der Waals surface area contributed by atoms with Crippen LogP contribution in [0, 0.1) is 0 Å². The SMILES string of the molecule is c1ccc(-c2nc(-c3cc(-n4c5ccccc5c5ccccc54)cc(-n4c5ccccc5c5ccccc54)c3)nc(-c3ccc4cc(-c5ccc(-n6c7ccccc7c7ccccc76)cc5)ccc4c3)n2)cc1. The third-order valence-corrected chi connectivity index (χ3v) is 14.6. The summed E-state index contributed by atoms with van der Waals surface area (Å²) in [6.45, 7) is 0. The lowest BCUT2D eigenvalue weighted by molar-refractivity contribution is 1.07. The molecular weight excluding hydrogens is 889 g/mol. The van der Waals surface area contributed by atoms with E-state index in [1.165, 1.54) is 43.4 Å². The Bertz CT molecular complexity index is 4380. The molecule has 0 radical (unpaired) electrons. The summed E-state index contributed by atoms with van der Waals surface area (Å²) >= 11 is 0. The molecule has 0 unspecified atom stereocenters. The third kappa shape index (κ3) is 6.62. The van der Waals surface area contributed by atoms with Gasteiger partial charge < -0.3 is 13.7 Å². The van der Waals surface area contributed by atoms with Gasteiger partial charge in [0.2, 0.25) is 0 Å². The van der Waals surface area contributed by atoms with E-state index < -0.39 is 0 Å². The summed E-state index contributed by atoms with van der Waals surface area (Å²) in [5.41, 5.74) is 15.1. The molecule has 0 amide bonds. The Balaban J connectivity index is 0.874. The van der Waals surface area contributed by atoms with Crippen molar-refractivity contribution in [3.8, 4) is 62.4 Å². The van der Waals surface area contributed by atoms with E-state index >= 15 is 0 Å². The van der Waals surface area contributed by atoms with E-state index in [1.807, 2.05) is 18.2 Å². The number of nitrogens with zero attached hydrogens (tertiary/aromatic N) is 6. The van der Waals surface area contributed by atoms with Crippen LogP contribution in [0.25, 0.3) is 139 Å². The predicted molar refractivity (Wildman–Crippen MR) is 302 cm³/mol. The van der Waals surface area contributed by atoms with Crippen molar-refractivity contribution in [3.63, 3.8) is 0 Å². The molecule has 4 heterocycles. The fourth-order valence-corrected chi connectivity index (χ4v) is 11.3. The second kappa shape index (κ2) is 16.3. The molecule has 73 heavy (non-hydrogen) atoms. The summed E-state index contributed by atoms with van der Waals surface area (Å²) in [7, 11) is 0. The number of hydrogen-bond acceptors (Lipinski definition) is 3. The Morgan fingerprint density at radius 3 is 0.973 bits per heavy atom. The fourth-order valence-electron chi connectivity index (χ4n) is 11.3. The topological polar surface area (TPSA) is 53.5 Å². The Hall–Kier alpha value is -9.91. The van der Waals surface area contributed by atoms with Crippen molar-refractivity contribution in [3.05, 3.63) is 255 Å². The molecule has 0 N–H and O–H groups in total. The molecule has 0 saturated heterocycles. The van der Waals surface area contributed by atoms with E-state index in [2.05, 4.69) is 250 Å². The molecular formula is C67H42N6. The molecule has 340 valence electrons. The smallest absolute Gasteiger partial charge is 0.164 e. The van der Waals surface area contributed by atoms with Crippen LogP contribution >= 0.6 is 0 Å². The lowest BCUT2D eigenvalue weighted by Gasteiger charge is -2.16. The maximum Gasteiger partial charge on any atom is 0.164 e. The minimum Gasteiger partial charge on any atom is -0.309 e. The van der Waals surface area contributed by atoms with Crippen molar-refractivity contribution in [2.24, 2.45) is 0 Å². The number of rotatable bonds is 7. The van der Waals surface area contributed by atoms with Gasteiger partial charge in [0.25, 0.3) is 0 Å². The first-order valence-corrected chi connectivity index (χ1v) is 24.8. The zero-order valence-corrected chi connectivity index (χ0v) is 39.4. The maximum atomic E-state index is 5.39. The number of para-hydroxylation sites is 6. The first kappa shape index (κ1) is 40.9. The second-order valence-corrected chi connectivity index (χ2v) is 18.8. The number of fused-ring (bicyclic) bond motifs is 10. The average Bonchev–Trinajstić information content (AvgIpc) is 4.11. The van der Waals surface area contributed by atoms with Crippen LogP contribution in [0.3, 0.4) is 0 Å². The number of hydrogen-bond donors (Lipinski definition) is 0. The van der Waals surface area contributed by atoms with Crippen LogP contribution in [0.2, 0.25) is 0 Å². The summed E-state index contributed by atoms with van der Waals surface area (Å²) in [5, 5.41) is 9.57. The first-order chi connectivity index (χ1) is 36.2. The van der Waals surface area contributed by atoms with Gasteiger partial charge in [0.1, 0.15) is 0 Å². The van der Waals surface area contributed by atoms with Crippen LogP contribution in [-0.2, 0) is 0 Å². The van der Waals surface area contributed by atoms with Gasteiger partial charge in [-0.3, -0.25) is 0 Å². The second-order valence-electron chi connectivity index (χ2n) is 18.8. The quantitative estimate of drug-likeness (QED) is 0.160. The van der Waals surface area contributed by atoms with Crippen LogP contribution in [0.15, 0.2) is 255 Å². The highest BCUT2D eigenvalue weighted by Gasteiger charge is 2.20. The van der Waals surface area contributed by atoms with Gasteiger partial charge in [-0.2, -0.15) is 0 Å². The standard InChI is InChI=1S/C67H42N6/c1-2-16-44(17-3-1)65-68-66(48-33-32-46-38-45(30-31-47(46)39-48)43-34-36-50(37-35-43)71-59-24-10-4-18-53(59)54-19-5-11-25-60(54)71)70-67(69-65)49-40-51(72-61-26-12-6-20-55(61)56-21-7-13-27-62(56)72)42-52(41-49)73-63-28-14-8-22-57(63)58-23-9-15-29-64(58)73/h1-42H. The fraction of sp³-hybridized carbons (Fsp3) is 0. The van der Waals surface area contributed by atoms with Gasteiger partial charge in [0.15, 0.2) is 17.5 Å². The molecule has 6 heteroatoms. The van der Waals surface area contributed by atoms with Gasteiger partial charge in [-0.15, -0.1) is 0 Å². The average molecular weight is 931 g/mol. The number of aromatic nitrogens is 6. The van der Waals surface area contributed by atoms with Crippen molar-refractivity contribution in [1.29, 1.82) is 0 Å². The van der Waals surface area contributed by atoms with Crippen LogP contribution in [0.5, 0.6) is 0 Å². The molecule has 0 bridgehead atoms. The molecule has 15 rings (SSSR count). The van der Waals surface area contributed by atoms with Crippen LogP contribution in [0.4, 0.5) is 0 Å². The normalized spacial score (nSPS) is 11.8. The molecule has 11 aromatic carbocycles. The molecule has 0 fully saturated rings. The molecule has 0 atom stereocenters. The highest BCUT2D eigenvalue weighted by atomic mass is 15.0. The van der Waals surface area contributed by atoms with Crippen molar-refractivity contribution in [1.82, 2.24) is 28.7 Å². The molecule has 0 aliphatic heterocycles. The Morgan fingerprint density at radius 1 is 0.205 bits per heavy atom. The van der Waals surface area contributed by atoms with Gasteiger partial charge >= 0.3 is 0 Å². The summed E-state index contributed by atoms with van der Waals surface area (Å²) in [6.07, 6.45) is 0. The van der Waals surface area contributed by atoms with E-state index in [9.17, 15) is 0 Å². The molecule has 6 nitrogen and oxygen atoms in total. The molecule has 4 aromatic heterocycles. The van der Waals surface area contributed by atoms with Crippen molar-refractivity contribution in [2.75, 3.05) is 0 Å². The molecule has 15 aromatic rings. The van der Waals surface area contributed by atoms with Crippen LogP contribution in [0.1, 0.15) is 0 Å². The highest BCUT2D eigenvalue weighted by molar-refractivity contribution is 6.11. The number of benzene rings is 11.